The standard InChI is InChI=1S/C21H24ClN3O3/c1-14-4-3-5-15(2)20(14)28-13-19(26)25-10-8-16(9-11-25)21(27)24-18-7-6-17(22)12-23-18/h3-7,12,16H,8-11,13H2,1-2H3,(H,23,24,27). The first-order valence-electron chi connectivity index (χ1n) is 9.33. The van der Waals surface area contributed by atoms with Crippen molar-refractivity contribution in [3.63, 3.8) is 0 Å². The van der Waals surface area contributed by atoms with E-state index < -0.39 is 0 Å². The van der Waals surface area contributed by atoms with Crippen LogP contribution in [0.25, 0.3) is 0 Å². The number of pyridine rings is 1. The number of amides is 2. The molecule has 2 aromatic rings. The van der Waals surface area contributed by atoms with Crippen molar-refractivity contribution in [1.82, 2.24) is 9.88 Å². The fraction of sp³-hybridized carbons (Fsp3) is 0.381. The van der Waals surface area contributed by atoms with Gasteiger partial charge in [-0.15, -0.1) is 0 Å². The summed E-state index contributed by atoms with van der Waals surface area (Å²) in [5, 5.41) is 3.33. The van der Waals surface area contributed by atoms with E-state index in [0.717, 1.165) is 16.9 Å². The van der Waals surface area contributed by atoms with E-state index in [1.54, 1.807) is 17.0 Å². The Hall–Kier alpha value is -2.60. The zero-order valence-electron chi connectivity index (χ0n) is 16.1. The van der Waals surface area contributed by atoms with Gasteiger partial charge in [-0.1, -0.05) is 29.8 Å². The molecule has 1 N–H and O–H groups in total. The quantitative estimate of drug-likeness (QED) is 0.830. The smallest absolute Gasteiger partial charge is 0.260 e. The van der Waals surface area contributed by atoms with E-state index in [1.807, 2.05) is 32.0 Å². The Labute approximate surface area is 169 Å². The number of aryl methyl sites for hydroxylation is 2. The Morgan fingerprint density at radius 2 is 1.86 bits per heavy atom. The van der Waals surface area contributed by atoms with Gasteiger partial charge in [0.05, 0.1) is 5.02 Å². The van der Waals surface area contributed by atoms with Crippen LogP contribution in [-0.4, -0.2) is 41.4 Å². The SMILES string of the molecule is Cc1cccc(C)c1OCC(=O)N1CCC(C(=O)Nc2ccc(Cl)cn2)CC1. The number of hydrogen-bond donors (Lipinski definition) is 1. The van der Waals surface area contributed by atoms with E-state index >= 15 is 0 Å². The molecule has 7 heteroatoms. The Morgan fingerprint density at radius 1 is 1.18 bits per heavy atom. The van der Waals surface area contributed by atoms with Gasteiger partial charge in [-0.2, -0.15) is 0 Å². The Kier molecular flexibility index (Phi) is 6.52. The van der Waals surface area contributed by atoms with Crippen LogP contribution in [-0.2, 0) is 9.59 Å². The van der Waals surface area contributed by atoms with Gasteiger partial charge in [-0.3, -0.25) is 9.59 Å². The van der Waals surface area contributed by atoms with Crippen molar-refractivity contribution in [1.29, 1.82) is 0 Å². The minimum absolute atomic E-state index is 0.0112. The lowest BCUT2D eigenvalue weighted by Crippen LogP contribution is -2.43. The van der Waals surface area contributed by atoms with Crippen LogP contribution in [0, 0.1) is 19.8 Å². The first-order valence-corrected chi connectivity index (χ1v) is 9.71. The maximum atomic E-state index is 12.5. The van der Waals surface area contributed by atoms with Gasteiger partial charge >= 0.3 is 0 Å². The van der Waals surface area contributed by atoms with Crippen LogP contribution in [0.3, 0.4) is 0 Å². The number of likely N-dealkylation sites (tertiary alicyclic amines) is 1. The molecule has 0 unspecified atom stereocenters. The normalized spacial score (nSPS) is 14.6. The fourth-order valence-corrected chi connectivity index (χ4v) is 3.43. The average molecular weight is 402 g/mol. The summed E-state index contributed by atoms with van der Waals surface area (Å²) >= 11 is 5.80. The molecule has 1 aliphatic heterocycles. The van der Waals surface area contributed by atoms with Crippen LogP contribution in [0.15, 0.2) is 36.5 Å². The lowest BCUT2D eigenvalue weighted by Gasteiger charge is -2.31. The fourth-order valence-electron chi connectivity index (χ4n) is 3.32. The van der Waals surface area contributed by atoms with Crippen molar-refractivity contribution in [3.05, 3.63) is 52.7 Å². The van der Waals surface area contributed by atoms with E-state index in [4.69, 9.17) is 16.3 Å². The predicted molar refractivity (Wildman–Crippen MR) is 109 cm³/mol. The van der Waals surface area contributed by atoms with Crippen LogP contribution in [0.1, 0.15) is 24.0 Å². The van der Waals surface area contributed by atoms with E-state index in [-0.39, 0.29) is 24.3 Å². The first-order chi connectivity index (χ1) is 13.4. The molecule has 0 atom stereocenters. The van der Waals surface area contributed by atoms with Gasteiger partial charge in [0.2, 0.25) is 5.91 Å². The van der Waals surface area contributed by atoms with Gasteiger partial charge in [0.1, 0.15) is 11.6 Å². The lowest BCUT2D eigenvalue weighted by molar-refractivity contribution is -0.136. The summed E-state index contributed by atoms with van der Waals surface area (Å²) in [4.78, 5) is 30.7. The van der Waals surface area contributed by atoms with Crippen molar-refractivity contribution in [2.75, 3.05) is 25.0 Å². The highest BCUT2D eigenvalue weighted by molar-refractivity contribution is 6.30. The molecule has 3 rings (SSSR count). The van der Waals surface area contributed by atoms with Crippen LogP contribution in [0.2, 0.25) is 5.02 Å². The molecule has 0 spiro atoms. The molecule has 148 valence electrons. The van der Waals surface area contributed by atoms with Crippen LogP contribution >= 0.6 is 11.6 Å². The molecule has 2 amide bonds. The number of rotatable bonds is 5. The van der Waals surface area contributed by atoms with E-state index in [0.29, 0.717) is 36.8 Å². The zero-order chi connectivity index (χ0) is 20.1. The highest BCUT2D eigenvalue weighted by Crippen LogP contribution is 2.23. The molecule has 1 aliphatic rings. The number of nitrogens with one attached hydrogen (secondary N) is 1. The number of benzene rings is 1. The third-order valence-electron chi connectivity index (χ3n) is 4.95. The van der Waals surface area contributed by atoms with Crippen molar-refractivity contribution >= 4 is 29.2 Å². The molecule has 0 radical (unpaired) electrons. The summed E-state index contributed by atoms with van der Waals surface area (Å²) in [5.74, 6) is 0.978. The van der Waals surface area contributed by atoms with E-state index in [2.05, 4.69) is 10.3 Å². The summed E-state index contributed by atoms with van der Waals surface area (Å²) in [6, 6.07) is 9.25. The van der Waals surface area contributed by atoms with Gasteiger partial charge in [0, 0.05) is 25.2 Å². The highest BCUT2D eigenvalue weighted by Gasteiger charge is 2.27. The number of halogens is 1. The summed E-state index contributed by atoms with van der Waals surface area (Å²) < 4.78 is 5.76. The summed E-state index contributed by atoms with van der Waals surface area (Å²) in [6.45, 7) is 5.03. The molecule has 1 aromatic heterocycles. The second-order valence-corrected chi connectivity index (χ2v) is 7.45. The minimum Gasteiger partial charge on any atom is -0.483 e. The number of aromatic nitrogens is 1. The molecule has 1 aromatic carbocycles. The number of ether oxygens (including phenoxy) is 1. The largest absolute Gasteiger partial charge is 0.483 e. The summed E-state index contributed by atoms with van der Waals surface area (Å²) in [7, 11) is 0. The lowest BCUT2D eigenvalue weighted by atomic mass is 9.96. The number of nitrogens with zero attached hydrogens (tertiary/aromatic N) is 2. The van der Waals surface area contributed by atoms with Gasteiger partial charge in [0.25, 0.3) is 5.91 Å². The molecule has 2 heterocycles. The molecular formula is C21H24ClN3O3. The number of para-hydroxylation sites is 1. The Morgan fingerprint density at radius 3 is 2.46 bits per heavy atom. The van der Waals surface area contributed by atoms with Crippen LogP contribution in [0.5, 0.6) is 5.75 Å². The van der Waals surface area contributed by atoms with E-state index in [1.165, 1.54) is 6.20 Å². The monoisotopic (exact) mass is 401 g/mol. The summed E-state index contributed by atoms with van der Waals surface area (Å²) in [6.07, 6.45) is 2.73. The van der Waals surface area contributed by atoms with Gasteiger partial charge in [0.15, 0.2) is 6.61 Å². The van der Waals surface area contributed by atoms with Gasteiger partial charge in [-0.05, 0) is 49.9 Å². The molecule has 0 aliphatic carbocycles. The second kappa shape index (κ2) is 9.06. The predicted octanol–water partition coefficient (Wildman–Crippen LogP) is 3.61. The third-order valence-corrected chi connectivity index (χ3v) is 5.17. The molecule has 0 bridgehead atoms. The topological polar surface area (TPSA) is 71.5 Å². The molecule has 1 fully saturated rings. The van der Waals surface area contributed by atoms with Crippen LogP contribution < -0.4 is 10.1 Å². The van der Waals surface area contributed by atoms with Crippen molar-refractivity contribution < 1.29 is 14.3 Å². The van der Waals surface area contributed by atoms with Crippen molar-refractivity contribution in [2.24, 2.45) is 5.92 Å². The average Bonchev–Trinajstić information content (AvgIpc) is 2.69. The Bertz CT molecular complexity index is 826. The maximum absolute atomic E-state index is 12.5. The maximum Gasteiger partial charge on any atom is 0.260 e. The molecule has 1 saturated heterocycles. The van der Waals surface area contributed by atoms with Crippen molar-refractivity contribution in [3.8, 4) is 5.75 Å². The molecular weight excluding hydrogens is 378 g/mol. The first kappa shape index (κ1) is 20.1. The minimum atomic E-state index is -0.138. The molecule has 0 saturated carbocycles. The number of anilines is 1. The van der Waals surface area contributed by atoms with Crippen LogP contribution in [0.4, 0.5) is 5.82 Å². The number of carbonyl (C=O) groups is 2. The van der Waals surface area contributed by atoms with Gasteiger partial charge < -0.3 is 15.0 Å². The van der Waals surface area contributed by atoms with E-state index in [9.17, 15) is 9.59 Å². The molecule has 6 nitrogen and oxygen atoms in total. The number of hydrogen-bond acceptors (Lipinski definition) is 4. The number of carbonyl (C=O) groups excluding carboxylic acids is 2. The Balaban J connectivity index is 1.47. The van der Waals surface area contributed by atoms with Gasteiger partial charge in [-0.25, -0.2) is 4.98 Å². The molecule has 28 heavy (non-hydrogen) atoms. The third kappa shape index (κ3) is 5.01. The van der Waals surface area contributed by atoms with Crippen molar-refractivity contribution in [2.45, 2.75) is 26.7 Å². The highest BCUT2D eigenvalue weighted by atomic mass is 35.5. The second-order valence-electron chi connectivity index (χ2n) is 7.02. The zero-order valence-corrected chi connectivity index (χ0v) is 16.8. The number of piperidine rings is 1. The summed E-state index contributed by atoms with van der Waals surface area (Å²) in [5.41, 5.74) is 2.03.